The molecular weight excluding hydrogens is 404 g/mol. The van der Waals surface area contributed by atoms with Crippen molar-refractivity contribution in [1.29, 1.82) is 0 Å². The van der Waals surface area contributed by atoms with Crippen LogP contribution in [-0.4, -0.2) is 43.9 Å². The van der Waals surface area contributed by atoms with E-state index in [4.69, 9.17) is 0 Å². The van der Waals surface area contributed by atoms with E-state index in [0.717, 1.165) is 16.4 Å². The summed E-state index contributed by atoms with van der Waals surface area (Å²) in [6.07, 6.45) is 0. The van der Waals surface area contributed by atoms with E-state index < -0.39 is 10.0 Å². The van der Waals surface area contributed by atoms with Crippen molar-refractivity contribution in [2.24, 2.45) is 5.18 Å². The van der Waals surface area contributed by atoms with Gasteiger partial charge in [-0.2, -0.15) is 4.31 Å². The van der Waals surface area contributed by atoms with Crippen LogP contribution < -0.4 is 4.90 Å². The summed E-state index contributed by atoms with van der Waals surface area (Å²) in [6, 6.07) is 10.4. The first-order valence-electron chi connectivity index (χ1n) is 8.26. The van der Waals surface area contributed by atoms with Gasteiger partial charge in [0, 0.05) is 37.1 Å². The molecule has 0 atom stereocenters. The Labute approximate surface area is 164 Å². The monoisotopic (exact) mass is 420 g/mol. The molecule has 0 bridgehead atoms. The predicted molar refractivity (Wildman–Crippen MR) is 108 cm³/mol. The van der Waals surface area contributed by atoms with Crippen LogP contribution in [0.15, 0.2) is 56.5 Å². The van der Waals surface area contributed by atoms with Gasteiger partial charge in [0.05, 0.1) is 5.69 Å². The number of aromatic nitrogens is 1. The van der Waals surface area contributed by atoms with E-state index in [9.17, 15) is 13.3 Å². The van der Waals surface area contributed by atoms with Crippen molar-refractivity contribution in [3.8, 4) is 11.3 Å². The molecule has 140 valence electrons. The minimum Gasteiger partial charge on any atom is -0.345 e. The lowest BCUT2D eigenvalue weighted by Gasteiger charge is -2.33. The van der Waals surface area contributed by atoms with E-state index >= 15 is 0 Å². The van der Waals surface area contributed by atoms with E-state index in [0.29, 0.717) is 36.1 Å². The second kappa shape index (κ2) is 7.47. The molecule has 1 saturated heterocycles. The van der Waals surface area contributed by atoms with Gasteiger partial charge in [0.2, 0.25) is 0 Å². The molecule has 0 N–H and O–H groups in total. The number of rotatable bonds is 5. The van der Waals surface area contributed by atoms with Gasteiger partial charge in [-0.05, 0) is 28.8 Å². The van der Waals surface area contributed by atoms with E-state index in [-0.39, 0.29) is 0 Å². The molecular formula is C17H16N4O3S3. The maximum Gasteiger partial charge on any atom is 0.252 e. The van der Waals surface area contributed by atoms with Gasteiger partial charge in [-0.3, -0.25) is 0 Å². The molecule has 10 heteroatoms. The highest BCUT2D eigenvalue weighted by Gasteiger charge is 2.30. The van der Waals surface area contributed by atoms with Gasteiger partial charge in [-0.1, -0.05) is 18.2 Å². The maximum atomic E-state index is 12.6. The molecule has 3 heterocycles. The number of thiophene rings is 1. The Hall–Kier alpha value is -2.14. The van der Waals surface area contributed by atoms with Crippen LogP contribution in [0.5, 0.6) is 0 Å². The van der Waals surface area contributed by atoms with Crippen LogP contribution in [0.3, 0.4) is 0 Å². The molecule has 0 amide bonds. The minimum atomic E-state index is -3.39. The molecule has 3 aromatic rings. The van der Waals surface area contributed by atoms with Crippen LogP contribution in [0.2, 0.25) is 0 Å². The predicted octanol–water partition coefficient (Wildman–Crippen LogP) is 3.78. The fourth-order valence-corrected chi connectivity index (χ4v) is 6.35. The Morgan fingerprint density at radius 3 is 2.37 bits per heavy atom. The van der Waals surface area contributed by atoms with E-state index in [1.54, 1.807) is 29.6 Å². The fourth-order valence-electron chi connectivity index (χ4n) is 2.89. The normalized spacial score (nSPS) is 15.8. The SMILES string of the molecule is O=Nc1ccc(-c2csc(N3CCN(S(=O)(=O)c4cccs4)CC3)n2)cc1. The molecule has 2 aromatic heterocycles. The van der Waals surface area contributed by atoms with Crippen LogP contribution >= 0.6 is 22.7 Å². The third-order valence-corrected chi connectivity index (χ3v) is 8.53. The number of sulfonamides is 1. The zero-order chi connectivity index (χ0) is 18.9. The van der Waals surface area contributed by atoms with E-state index in [1.807, 2.05) is 17.5 Å². The van der Waals surface area contributed by atoms with Crippen molar-refractivity contribution < 1.29 is 8.42 Å². The third-order valence-electron chi connectivity index (χ3n) is 4.36. The Kier molecular flexibility index (Phi) is 5.04. The van der Waals surface area contributed by atoms with Gasteiger partial charge in [0.25, 0.3) is 10.0 Å². The highest BCUT2D eigenvalue weighted by atomic mass is 32.2. The fraction of sp³-hybridized carbons (Fsp3) is 0.235. The second-order valence-electron chi connectivity index (χ2n) is 5.98. The van der Waals surface area contributed by atoms with Gasteiger partial charge in [0.15, 0.2) is 5.13 Å². The zero-order valence-corrected chi connectivity index (χ0v) is 16.6. The highest BCUT2D eigenvalue weighted by molar-refractivity contribution is 7.91. The lowest BCUT2D eigenvalue weighted by atomic mass is 10.1. The standard InChI is InChI=1S/C17H16N4O3S3/c22-19-14-5-3-13(4-6-14)15-12-26-17(18-15)20-7-9-21(10-8-20)27(23,24)16-2-1-11-25-16/h1-6,11-12H,7-10H2. The van der Waals surface area contributed by atoms with Crippen molar-refractivity contribution in [2.45, 2.75) is 4.21 Å². The molecule has 27 heavy (non-hydrogen) atoms. The van der Waals surface area contributed by atoms with Crippen LogP contribution in [0.25, 0.3) is 11.3 Å². The van der Waals surface area contributed by atoms with Crippen molar-refractivity contribution >= 4 is 43.5 Å². The molecule has 0 unspecified atom stereocenters. The van der Waals surface area contributed by atoms with Gasteiger partial charge in [0.1, 0.15) is 9.90 Å². The molecule has 0 spiro atoms. The average Bonchev–Trinajstić information content (AvgIpc) is 3.41. The summed E-state index contributed by atoms with van der Waals surface area (Å²) in [6.45, 7) is 2.08. The Morgan fingerprint density at radius 2 is 1.74 bits per heavy atom. The number of hydrogen-bond donors (Lipinski definition) is 0. The smallest absolute Gasteiger partial charge is 0.252 e. The second-order valence-corrected chi connectivity index (χ2v) is 9.93. The summed E-state index contributed by atoms with van der Waals surface area (Å²) in [5, 5.41) is 7.51. The molecule has 7 nitrogen and oxygen atoms in total. The maximum absolute atomic E-state index is 12.6. The summed E-state index contributed by atoms with van der Waals surface area (Å²) in [5.74, 6) is 0. The number of nitrogens with zero attached hydrogens (tertiary/aromatic N) is 4. The first kappa shape index (κ1) is 18.2. The number of thiazole rings is 1. The van der Waals surface area contributed by atoms with Crippen LogP contribution in [0.4, 0.5) is 10.8 Å². The van der Waals surface area contributed by atoms with Gasteiger partial charge >= 0.3 is 0 Å². The Balaban J connectivity index is 1.44. The topological polar surface area (TPSA) is 82.9 Å². The number of anilines is 1. The summed E-state index contributed by atoms with van der Waals surface area (Å²) in [5.41, 5.74) is 2.14. The first-order chi connectivity index (χ1) is 13.1. The lowest BCUT2D eigenvalue weighted by molar-refractivity contribution is 0.386. The summed E-state index contributed by atoms with van der Waals surface area (Å²) in [7, 11) is -3.39. The molecule has 4 rings (SSSR count). The quantitative estimate of drug-likeness (QED) is 0.587. The molecule has 0 radical (unpaired) electrons. The molecule has 0 saturated carbocycles. The highest BCUT2D eigenvalue weighted by Crippen LogP contribution is 2.30. The third kappa shape index (κ3) is 3.65. The largest absolute Gasteiger partial charge is 0.345 e. The first-order valence-corrected chi connectivity index (χ1v) is 11.5. The molecule has 1 aliphatic rings. The van der Waals surface area contributed by atoms with Crippen molar-refractivity contribution in [1.82, 2.24) is 9.29 Å². The van der Waals surface area contributed by atoms with Crippen LogP contribution in [0, 0.1) is 4.91 Å². The molecule has 1 aliphatic heterocycles. The summed E-state index contributed by atoms with van der Waals surface area (Å²) in [4.78, 5) is 17.3. The number of piperazine rings is 1. The van der Waals surface area contributed by atoms with E-state index in [1.165, 1.54) is 27.0 Å². The van der Waals surface area contributed by atoms with Gasteiger partial charge < -0.3 is 4.90 Å². The molecule has 1 aromatic carbocycles. The summed E-state index contributed by atoms with van der Waals surface area (Å²) < 4.78 is 27.1. The molecule has 0 aliphatic carbocycles. The van der Waals surface area contributed by atoms with Gasteiger partial charge in [-0.25, -0.2) is 13.4 Å². The van der Waals surface area contributed by atoms with Crippen LogP contribution in [-0.2, 0) is 10.0 Å². The zero-order valence-electron chi connectivity index (χ0n) is 14.2. The van der Waals surface area contributed by atoms with Crippen LogP contribution in [0.1, 0.15) is 0 Å². The van der Waals surface area contributed by atoms with Crippen molar-refractivity contribution in [3.63, 3.8) is 0 Å². The van der Waals surface area contributed by atoms with Gasteiger partial charge in [-0.15, -0.1) is 27.6 Å². The Morgan fingerprint density at radius 1 is 1.00 bits per heavy atom. The average molecular weight is 421 g/mol. The number of nitroso groups, excluding NO2 is 1. The lowest BCUT2D eigenvalue weighted by Crippen LogP contribution is -2.48. The Bertz CT molecular complexity index is 1020. The van der Waals surface area contributed by atoms with E-state index in [2.05, 4.69) is 15.1 Å². The number of hydrogen-bond acceptors (Lipinski definition) is 8. The summed E-state index contributed by atoms with van der Waals surface area (Å²) >= 11 is 2.78. The number of benzene rings is 1. The van der Waals surface area contributed by atoms with Crippen molar-refractivity contribution in [3.05, 3.63) is 52.1 Å². The minimum absolute atomic E-state index is 0.386. The van der Waals surface area contributed by atoms with Crippen molar-refractivity contribution in [2.75, 3.05) is 31.1 Å². The molecule has 1 fully saturated rings.